The predicted octanol–water partition coefficient (Wildman–Crippen LogP) is 2.91. The highest BCUT2D eigenvalue weighted by Crippen LogP contribution is 2.21. The molecule has 1 amide bonds. The van der Waals surface area contributed by atoms with Gasteiger partial charge in [-0.25, -0.2) is 4.98 Å². The average molecular weight is 342 g/mol. The smallest absolute Gasteiger partial charge is 0.255 e. The molecule has 2 N–H and O–H groups in total. The summed E-state index contributed by atoms with van der Waals surface area (Å²) in [5.74, 6) is 1.23. The van der Waals surface area contributed by atoms with Gasteiger partial charge in [0.2, 0.25) is 0 Å². The fraction of sp³-hybridized carbons (Fsp3) is 0.368. The zero-order valence-corrected chi connectivity index (χ0v) is 15.1. The van der Waals surface area contributed by atoms with Gasteiger partial charge in [-0.05, 0) is 70.4 Å². The number of amides is 1. The zero-order valence-electron chi connectivity index (χ0n) is 15.1. The summed E-state index contributed by atoms with van der Waals surface area (Å²) in [6, 6.07) is 11.1. The highest BCUT2D eigenvalue weighted by atomic mass is 16.5. The van der Waals surface area contributed by atoms with Crippen LogP contribution in [0.1, 0.15) is 23.7 Å². The molecule has 0 radical (unpaired) electrons. The molecular formula is C19H26N4O2. The van der Waals surface area contributed by atoms with Crippen molar-refractivity contribution in [3.8, 4) is 5.75 Å². The van der Waals surface area contributed by atoms with E-state index in [1.807, 2.05) is 45.3 Å². The third kappa shape index (κ3) is 6.08. The van der Waals surface area contributed by atoms with Crippen LogP contribution in [0.2, 0.25) is 0 Å². The Morgan fingerprint density at radius 2 is 1.96 bits per heavy atom. The van der Waals surface area contributed by atoms with Crippen LogP contribution in [0.3, 0.4) is 0 Å². The maximum absolute atomic E-state index is 12.4. The third-order valence-electron chi connectivity index (χ3n) is 3.55. The predicted molar refractivity (Wildman–Crippen MR) is 101 cm³/mol. The Morgan fingerprint density at radius 3 is 2.64 bits per heavy atom. The van der Waals surface area contributed by atoms with Gasteiger partial charge in [0.25, 0.3) is 5.91 Å². The summed E-state index contributed by atoms with van der Waals surface area (Å²) >= 11 is 0. The normalized spacial score (nSPS) is 10.6. The molecule has 0 saturated carbocycles. The van der Waals surface area contributed by atoms with E-state index in [4.69, 9.17) is 4.74 Å². The van der Waals surface area contributed by atoms with E-state index in [-0.39, 0.29) is 5.91 Å². The lowest BCUT2D eigenvalue weighted by Gasteiger charge is -2.13. The number of carbonyl (C=O) groups excluding carboxylic acids is 1. The van der Waals surface area contributed by atoms with Crippen molar-refractivity contribution in [2.45, 2.75) is 13.3 Å². The van der Waals surface area contributed by atoms with Crippen LogP contribution in [0.15, 0.2) is 42.6 Å². The molecule has 0 aliphatic heterocycles. The first kappa shape index (κ1) is 18.7. The summed E-state index contributed by atoms with van der Waals surface area (Å²) in [5, 5.41) is 6.14. The minimum atomic E-state index is -0.125. The van der Waals surface area contributed by atoms with Gasteiger partial charge in [0.1, 0.15) is 11.6 Å². The van der Waals surface area contributed by atoms with E-state index in [1.54, 1.807) is 18.3 Å². The van der Waals surface area contributed by atoms with Crippen molar-refractivity contribution >= 4 is 17.4 Å². The number of ether oxygens (including phenoxy) is 1. The van der Waals surface area contributed by atoms with E-state index in [2.05, 4.69) is 20.5 Å². The highest BCUT2D eigenvalue weighted by molar-refractivity contribution is 5.99. The van der Waals surface area contributed by atoms with Crippen LogP contribution in [0, 0.1) is 0 Å². The Kier molecular flexibility index (Phi) is 7.22. The first-order valence-electron chi connectivity index (χ1n) is 8.48. The molecule has 0 aliphatic rings. The van der Waals surface area contributed by atoms with Crippen LogP contribution in [0.4, 0.5) is 11.5 Å². The fourth-order valence-electron chi connectivity index (χ4n) is 2.32. The average Bonchev–Trinajstić information content (AvgIpc) is 2.61. The van der Waals surface area contributed by atoms with Crippen LogP contribution < -0.4 is 15.4 Å². The molecule has 0 fully saturated rings. The minimum absolute atomic E-state index is 0.125. The van der Waals surface area contributed by atoms with Gasteiger partial charge in [-0.3, -0.25) is 4.79 Å². The number of rotatable bonds is 9. The van der Waals surface area contributed by atoms with Gasteiger partial charge in [-0.15, -0.1) is 0 Å². The lowest BCUT2D eigenvalue weighted by atomic mass is 10.2. The number of benzene rings is 1. The maximum Gasteiger partial charge on any atom is 0.255 e. The molecule has 0 bridgehead atoms. The van der Waals surface area contributed by atoms with E-state index in [1.165, 1.54) is 0 Å². The minimum Gasteiger partial charge on any atom is -0.494 e. The molecule has 2 rings (SSSR count). The number of hydrogen-bond donors (Lipinski definition) is 2. The van der Waals surface area contributed by atoms with Crippen LogP contribution in [-0.4, -0.2) is 49.6 Å². The van der Waals surface area contributed by atoms with Crippen LogP contribution in [-0.2, 0) is 0 Å². The Morgan fingerprint density at radius 1 is 1.20 bits per heavy atom. The number of carbonyl (C=O) groups is 1. The molecule has 1 aromatic heterocycles. The van der Waals surface area contributed by atoms with Gasteiger partial charge in [-0.1, -0.05) is 0 Å². The molecule has 6 heteroatoms. The van der Waals surface area contributed by atoms with Gasteiger partial charge in [-0.2, -0.15) is 0 Å². The topological polar surface area (TPSA) is 66.5 Å². The van der Waals surface area contributed by atoms with Gasteiger partial charge >= 0.3 is 0 Å². The van der Waals surface area contributed by atoms with Crippen molar-refractivity contribution in [2.24, 2.45) is 0 Å². The number of nitrogens with zero attached hydrogens (tertiary/aromatic N) is 2. The molecular weight excluding hydrogens is 316 g/mol. The Balaban J connectivity index is 2.00. The van der Waals surface area contributed by atoms with Gasteiger partial charge in [0.05, 0.1) is 12.2 Å². The Hall–Kier alpha value is -2.60. The molecule has 0 aliphatic carbocycles. The van der Waals surface area contributed by atoms with Crippen LogP contribution in [0.5, 0.6) is 5.75 Å². The second kappa shape index (κ2) is 9.64. The largest absolute Gasteiger partial charge is 0.494 e. The number of aromatic nitrogens is 1. The monoisotopic (exact) mass is 342 g/mol. The van der Waals surface area contributed by atoms with E-state index < -0.39 is 0 Å². The quantitative estimate of drug-likeness (QED) is 0.686. The fourth-order valence-corrected chi connectivity index (χ4v) is 2.32. The van der Waals surface area contributed by atoms with E-state index in [0.717, 1.165) is 24.4 Å². The lowest BCUT2D eigenvalue weighted by Crippen LogP contribution is -2.27. The molecule has 6 nitrogen and oxygen atoms in total. The van der Waals surface area contributed by atoms with Crippen molar-refractivity contribution in [1.82, 2.24) is 15.2 Å². The first-order chi connectivity index (χ1) is 12.1. The zero-order chi connectivity index (χ0) is 18.1. The van der Waals surface area contributed by atoms with Gasteiger partial charge in [0, 0.05) is 18.4 Å². The van der Waals surface area contributed by atoms with Crippen molar-refractivity contribution in [3.05, 3.63) is 48.2 Å². The standard InChI is InChI=1S/C19H26N4O2/c1-4-25-16-10-8-15(9-11-16)22-18-17(7-5-12-20-18)19(24)21-13-6-14-23(2)3/h5,7-12H,4,6,13-14H2,1-3H3,(H,20,22)(H,21,24). The molecule has 25 heavy (non-hydrogen) atoms. The van der Waals surface area contributed by atoms with Crippen molar-refractivity contribution in [2.75, 3.05) is 39.1 Å². The van der Waals surface area contributed by atoms with Gasteiger partial charge in [0.15, 0.2) is 0 Å². The summed E-state index contributed by atoms with van der Waals surface area (Å²) in [5.41, 5.74) is 1.38. The van der Waals surface area contributed by atoms with Crippen molar-refractivity contribution in [1.29, 1.82) is 0 Å². The second-order valence-electron chi connectivity index (χ2n) is 5.89. The maximum atomic E-state index is 12.4. The molecule has 1 heterocycles. The van der Waals surface area contributed by atoms with Gasteiger partial charge < -0.3 is 20.3 Å². The summed E-state index contributed by atoms with van der Waals surface area (Å²) < 4.78 is 5.43. The van der Waals surface area contributed by atoms with E-state index in [0.29, 0.717) is 24.5 Å². The summed E-state index contributed by atoms with van der Waals surface area (Å²) in [7, 11) is 4.03. The van der Waals surface area contributed by atoms with E-state index >= 15 is 0 Å². The summed E-state index contributed by atoms with van der Waals surface area (Å²) in [4.78, 5) is 18.8. The highest BCUT2D eigenvalue weighted by Gasteiger charge is 2.12. The van der Waals surface area contributed by atoms with Crippen molar-refractivity contribution < 1.29 is 9.53 Å². The van der Waals surface area contributed by atoms with Crippen LogP contribution >= 0.6 is 0 Å². The molecule has 1 aromatic carbocycles. The Labute approximate surface area is 149 Å². The first-order valence-corrected chi connectivity index (χ1v) is 8.48. The number of nitrogens with one attached hydrogen (secondary N) is 2. The number of anilines is 2. The molecule has 134 valence electrons. The third-order valence-corrected chi connectivity index (χ3v) is 3.55. The van der Waals surface area contributed by atoms with E-state index in [9.17, 15) is 4.79 Å². The molecule has 0 atom stereocenters. The number of pyridine rings is 1. The summed E-state index contributed by atoms with van der Waals surface area (Å²) in [6.07, 6.45) is 2.57. The Bertz CT molecular complexity index is 671. The van der Waals surface area contributed by atoms with Crippen molar-refractivity contribution in [3.63, 3.8) is 0 Å². The molecule has 0 saturated heterocycles. The number of hydrogen-bond acceptors (Lipinski definition) is 5. The molecule has 0 unspecified atom stereocenters. The molecule has 0 spiro atoms. The SMILES string of the molecule is CCOc1ccc(Nc2ncccc2C(=O)NCCCN(C)C)cc1. The second-order valence-corrected chi connectivity index (χ2v) is 5.89. The van der Waals surface area contributed by atoms with Crippen LogP contribution in [0.25, 0.3) is 0 Å². The summed E-state index contributed by atoms with van der Waals surface area (Å²) in [6.45, 7) is 4.15. The molecule has 2 aromatic rings. The lowest BCUT2D eigenvalue weighted by molar-refractivity contribution is 0.0953.